The summed E-state index contributed by atoms with van der Waals surface area (Å²) in [6, 6.07) is 0. The van der Waals surface area contributed by atoms with Gasteiger partial charge in [-0.15, -0.1) is 0 Å². The summed E-state index contributed by atoms with van der Waals surface area (Å²) in [5.74, 6) is 3.27. The van der Waals surface area contributed by atoms with Crippen LogP contribution in [0.1, 0.15) is 122 Å². The van der Waals surface area contributed by atoms with Crippen molar-refractivity contribution < 1.29 is 44.4 Å². The topological polar surface area (TPSA) is 166 Å². The maximum Gasteiger partial charge on any atom is 0.158 e. The molecule has 9 unspecified atom stereocenters. The molecule has 0 aromatic heterocycles. The van der Waals surface area contributed by atoms with Crippen LogP contribution in [0.25, 0.3) is 0 Å². The van der Waals surface area contributed by atoms with E-state index >= 15 is 0 Å². The van der Waals surface area contributed by atoms with Gasteiger partial charge in [-0.3, -0.25) is 24.0 Å². The first-order chi connectivity index (χ1) is 23.5. The molecule has 0 heterocycles. The van der Waals surface area contributed by atoms with Gasteiger partial charge in [0.25, 0.3) is 0 Å². The smallest absolute Gasteiger partial charge is 0.158 e. The van der Waals surface area contributed by atoms with Crippen LogP contribution in [0.15, 0.2) is 34.9 Å². The van der Waals surface area contributed by atoms with E-state index in [1.807, 2.05) is 88.3 Å². The van der Waals surface area contributed by atoms with Crippen molar-refractivity contribution in [2.75, 3.05) is 0 Å². The molecule has 6 aliphatic rings. The molecule has 3 saturated carbocycles. The standard InChI is InChI=1S/C7H14O2.2C7H12O2.3C7H10O/c3*1-4-5(2)7(9)3-6(4)8;3*1-5-3-4-7(8)6(5)2/h4-9H,3H2,1-2H3;2*4-6,8H,3H2,1-2H3;3-4H2,1-2H3;3,6H,4H2,1-2H3;3-6H,1-2H3/t4?,5?,6-,7+;2*4?,5?,6-;;;/m.10.../s1. The molecule has 290 valence electrons. The second-order valence-corrected chi connectivity index (χ2v) is 15.9. The van der Waals surface area contributed by atoms with Crippen LogP contribution >= 0.6 is 0 Å². The average molecular weight is 717 g/mol. The third-order valence-corrected chi connectivity index (χ3v) is 12.5. The molecule has 0 aromatic carbocycles. The lowest BCUT2D eigenvalue weighted by Crippen LogP contribution is -2.15. The molecule has 0 spiro atoms. The van der Waals surface area contributed by atoms with Gasteiger partial charge in [-0.1, -0.05) is 85.6 Å². The van der Waals surface area contributed by atoms with E-state index < -0.39 is 0 Å². The number of hydrogen-bond donors (Lipinski definition) is 4. The molecule has 0 bridgehead atoms. The first-order valence-electron chi connectivity index (χ1n) is 18.9. The van der Waals surface area contributed by atoms with Gasteiger partial charge in [-0.25, -0.2) is 0 Å². The highest BCUT2D eigenvalue weighted by Gasteiger charge is 2.36. The van der Waals surface area contributed by atoms with Crippen LogP contribution in [0.2, 0.25) is 0 Å². The maximum atomic E-state index is 10.8. The first kappa shape index (κ1) is 46.4. The molecule has 3 fully saturated rings. The van der Waals surface area contributed by atoms with Crippen LogP contribution in [0.5, 0.6) is 0 Å². The Morgan fingerprint density at radius 3 is 1.12 bits per heavy atom. The number of carbonyl (C=O) groups excluding carboxylic acids is 5. The molecule has 51 heavy (non-hydrogen) atoms. The predicted molar refractivity (Wildman–Crippen MR) is 201 cm³/mol. The van der Waals surface area contributed by atoms with Gasteiger partial charge < -0.3 is 20.4 Å². The summed E-state index contributed by atoms with van der Waals surface area (Å²) in [4.78, 5) is 53.8. The van der Waals surface area contributed by atoms with Crippen LogP contribution < -0.4 is 0 Å². The fourth-order valence-corrected chi connectivity index (χ4v) is 6.39. The van der Waals surface area contributed by atoms with Crippen LogP contribution in [-0.4, -0.2) is 73.8 Å². The summed E-state index contributed by atoms with van der Waals surface area (Å²) in [5.41, 5.74) is 3.50. The predicted octanol–water partition coefficient (Wildman–Crippen LogP) is 6.19. The molecule has 4 N–H and O–H groups in total. The number of hydrogen-bond acceptors (Lipinski definition) is 9. The van der Waals surface area contributed by atoms with Crippen molar-refractivity contribution in [3.8, 4) is 0 Å². The number of ketones is 5. The van der Waals surface area contributed by atoms with Crippen LogP contribution in [0.3, 0.4) is 0 Å². The number of allylic oxidation sites excluding steroid dienone is 6. The summed E-state index contributed by atoms with van der Waals surface area (Å²) < 4.78 is 0. The molecule has 0 aromatic rings. The minimum Gasteiger partial charge on any atom is -0.393 e. The van der Waals surface area contributed by atoms with E-state index in [-0.39, 0.29) is 89.1 Å². The number of aliphatic hydroxyl groups excluding tert-OH is 4. The molecule has 6 aliphatic carbocycles. The zero-order chi connectivity index (χ0) is 39.5. The summed E-state index contributed by atoms with van der Waals surface area (Å²) in [6.07, 6.45) is 8.00. The SMILES string of the molecule is CC1=C(C)C(=O)CC1.CC1=CCC(=O)C1C.CC1C(=O)C[C@@H](O)C1C.CC1C(=O)C[C@H](O)C1C.CC1C(C)[C@@H](O)C[C@H]1O.CC1C=CC(=O)C1C. The van der Waals surface area contributed by atoms with Gasteiger partial charge in [0.2, 0.25) is 0 Å². The molecular formula is C42H68O9. The lowest BCUT2D eigenvalue weighted by molar-refractivity contribution is -0.121. The maximum absolute atomic E-state index is 10.8. The Hall–Kier alpha value is -2.59. The third-order valence-electron chi connectivity index (χ3n) is 12.5. The lowest BCUT2D eigenvalue weighted by Gasteiger charge is -2.12. The van der Waals surface area contributed by atoms with E-state index in [2.05, 4.69) is 6.92 Å². The van der Waals surface area contributed by atoms with Gasteiger partial charge in [0, 0.05) is 49.4 Å². The number of aliphatic hydroxyl groups is 4. The van der Waals surface area contributed by atoms with Crippen LogP contribution in [0, 0.1) is 53.3 Å². The van der Waals surface area contributed by atoms with Gasteiger partial charge in [0.1, 0.15) is 17.3 Å². The highest BCUT2D eigenvalue weighted by atomic mass is 16.3. The minimum absolute atomic E-state index is 0.0694. The second kappa shape index (κ2) is 21.2. The highest BCUT2D eigenvalue weighted by Crippen LogP contribution is 2.31. The number of rotatable bonds is 0. The fraction of sp³-hybridized carbons (Fsp3) is 0.738. The normalized spacial score (nSPS) is 38.1. The Balaban J connectivity index is 0.000000306. The molecule has 0 aliphatic heterocycles. The molecule has 0 amide bonds. The Bertz CT molecular complexity index is 1260. The zero-order valence-electron chi connectivity index (χ0n) is 33.3. The quantitative estimate of drug-likeness (QED) is 0.214. The molecule has 9 heteroatoms. The molecule has 13 atom stereocenters. The van der Waals surface area contributed by atoms with Crippen molar-refractivity contribution in [3.05, 3.63) is 34.9 Å². The monoisotopic (exact) mass is 716 g/mol. The number of carbonyl (C=O) groups is 5. The second-order valence-electron chi connectivity index (χ2n) is 15.9. The van der Waals surface area contributed by atoms with Gasteiger partial charge >= 0.3 is 0 Å². The van der Waals surface area contributed by atoms with E-state index in [0.717, 1.165) is 18.4 Å². The fourth-order valence-electron chi connectivity index (χ4n) is 6.39. The van der Waals surface area contributed by atoms with Crippen molar-refractivity contribution in [2.45, 2.75) is 146 Å². The summed E-state index contributed by atoms with van der Waals surface area (Å²) >= 11 is 0. The lowest BCUT2D eigenvalue weighted by atomic mass is 9.98. The van der Waals surface area contributed by atoms with Crippen LogP contribution in [0.4, 0.5) is 0 Å². The molecule has 9 nitrogen and oxygen atoms in total. The van der Waals surface area contributed by atoms with Gasteiger partial charge in [-0.05, 0) is 74.9 Å². The zero-order valence-corrected chi connectivity index (χ0v) is 33.3. The van der Waals surface area contributed by atoms with Crippen molar-refractivity contribution >= 4 is 28.9 Å². The Kier molecular flexibility index (Phi) is 19.3. The van der Waals surface area contributed by atoms with Gasteiger partial charge in [-0.2, -0.15) is 0 Å². The Morgan fingerprint density at radius 1 is 0.569 bits per heavy atom. The van der Waals surface area contributed by atoms with E-state index in [9.17, 15) is 34.2 Å². The first-order valence-corrected chi connectivity index (χ1v) is 18.9. The van der Waals surface area contributed by atoms with E-state index in [1.54, 1.807) is 6.08 Å². The molecule has 6 rings (SSSR count). The Labute approximate surface area is 307 Å². The molecule has 0 radical (unpaired) electrons. The third kappa shape index (κ3) is 13.7. The van der Waals surface area contributed by atoms with E-state index in [1.165, 1.54) is 11.1 Å². The summed E-state index contributed by atoms with van der Waals surface area (Å²) in [7, 11) is 0. The van der Waals surface area contributed by atoms with Crippen molar-refractivity contribution in [3.63, 3.8) is 0 Å². The number of Topliss-reactive ketones (excluding diaryl/α,β-unsaturated/α-hetero) is 4. The minimum atomic E-state index is -0.382. The van der Waals surface area contributed by atoms with Crippen LogP contribution in [-0.2, 0) is 24.0 Å². The van der Waals surface area contributed by atoms with Gasteiger partial charge in [0.05, 0.1) is 24.4 Å². The van der Waals surface area contributed by atoms with E-state index in [4.69, 9.17) is 10.2 Å². The van der Waals surface area contributed by atoms with Crippen molar-refractivity contribution in [1.29, 1.82) is 0 Å². The highest BCUT2D eigenvalue weighted by molar-refractivity contribution is 5.98. The largest absolute Gasteiger partial charge is 0.393 e. The molecular weight excluding hydrogens is 648 g/mol. The van der Waals surface area contributed by atoms with Gasteiger partial charge in [0.15, 0.2) is 11.6 Å². The average Bonchev–Trinajstić information content (AvgIpc) is 3.84. The van der Waals surface area contributed by atoms with E-state index in [0.29, 0.717) is 43.2 Å². The van der Waals surface area contributed by atoms with Crippen molar-refractivity contribution in [2.24, 2.45) is 53.3 Å². The molecule has 0 saturated heterocycles. The summed E-state index contributed by atoms with van der Waals surface area (Å²) in [6.45, 7) is 23.5. The van der Waals surface area contributed by atoms with Crippen molar-refractivity contribution in [1.82, 2.24) is 0 Å². The Morgan fingerprint density at radius 2 is 1.02 bits per heavy atom. The summed E-state index contributed by atoms with van der Waals surface area (Å²) in [5, 5.41) is 36.6.